The van der Waals surface area contributed by atoms with Crippen LogP contribution >= 0.6 is 0 Å². The molecule has 1 aromatic rings. The number of ether oxygens (including phenoxy) is 1. The van der Waals surface area contributed by atoms with Crippen molar-refractivity contribution >= 4 is 11.7 Å². The van der Waals surface area contributed by atoms with Crippen LogP contribution in [0, 0.1) is 12.8 Å². The number of hydrogen-bond donors (Lipinski definition) is 2. The molecule has 0 amide bonds. The van der Waals surface area contributed by atoms with Crippen molar-refractivity contribution in [2.24, 2.45) is 5.92 Å². The Balaban J connectivity index is 1.92. The van der Waals surface area contributed by atoms with Crippen molar-refractivity contribution in [3.05, 3.63) is 23.8 Å². The van der Waals surface area contributed by atoms with Crippen LogP contribution in [-0.4, -0.2) is 24.2 Å². The molecule has 4 heteroatoms. The molecule has 0 spiro atoms. The second-order valence-corrected chi connectivity index (χ2v) is 5.22. The van der Waals surface area contributed by atoms with Crippen LogP contribution in [0.15, 0.2) is 18.2 Å². The van der Waals surface area contributed by atoms with Crippen LogP contribution in [0.25, 0.3) is 0 Å². The Morgan fingerprint density at radius 3 is 2.53 bits per heavy atom. The normalized spacial score (nSPS) is 22.8. The highest BCUT2D eigenvalue weighted by atomic mass is 16.5. The molecule has 0 unspecified atom stereocenters. The Kier molecular flexibility index (Phi) is 4.30. The maximum atomic E-state index is 10.9. The number of carboxylic acids is 1. The third-order valence-corrected chi connectivity index (χ3v) is 3.84. The number of anilines is 1. The largest absolute Gasteiger partial charge is 0.496 e. The van der Waals surface area contributed by atoms with Gasteiger partial charge in [0.2, 0.25) is 0 Å². The van der Waals surface area contributed by atoms with Gasteiger partial charge in [0.1, 0.15) is 5.75 Å². The molecule has 2 rings (SSSR count). The number of aryl methyl sites for hydroxylation is 1. The number of carbonyl (C=O) groups is 1. The number of methoxy groups -OCH3 is 1. The first-order valence-corrected chi connectivity index (χ1v) is 6.74. The fourth-order valence-corrected chi connectivity index (χ4v) is 2.69. The summed E-state index contributed by atoms with van der Waals surface area (Å²) in [6, 6.07) is 6.42. The van der Waals surface area contributed by atoms with Crippen molar-refractivity contribution in [2.75, 3.05) is 12.4 Å². The molecule has 1 fully saturated rings. The van der Waals surface area contributed by atoms with E-state index in [4.69, 9.17) is 9.84 Å². The Morgan fingerprint density at radius 1 is 1.32 bits per heavy atom. The van der Waals surface area contributed by atoms with Gasteiger partial charge in [-0.3, -0.25) is 4.79 Å². The van der Waals surface area contributed by atoms with Crippen molar-refractivity contribution in [2.45, 2.75) is 38.6 Å². The summed E-state index contributed by atoms with van der Waals surface area (Å²) < 4.78 is 5.24. The molecular weight excluding hydrogens is 242 g/mol. The lowest BCUT2D eigenvalue weighted by Gasteiger charge is -2.27. The number of rotatable bonds is 4. The second-order valence-electron chi connectivity index (χ2n) is 5.22. The molecule has 0 radical (unpaired) electrons. The second kappa shape index (κ2) is 5.95. The molecule has 0 bridgehead atoms. The standard InChI is InChI=1S/C15H21NO3/c1-10-9-13(7-8-14(10)19-2)16-12-5-3-11(4-6-12)15(17)18/h7-9,11-12,16H,3-6H2,1-2H3,(H,17,18). The molecule has 104 valence electrons. The van der Waals surface area contributed by atoms with E-state index in [-0.39, 0.29) is 5.92 Å². The van der Waals surface area contributed by atoms with E-state index in [9.17, 15) is 4.79 Å². The summed E-state index contributed by atoms with van der Waals surface area (Å²) in [6.07, 6.45) is 3.37. The quantitative estimate of drug-likeness (QED) is 0.876. The van der Waals surface area contributed by atoms with Crippen molar-refractivity contribution in [3.8, 4) is 5.75 Å². The number of benzene rings is 1. The summed E-state index contributed by atoms with van der Waals surface area (Å²) in [5.41, 5.74) is 2.18. The van der Waals surface area contributed by atoms with Crippen LogP contribution in [0.3, 0.4) is 0 Å². The molecule has 0 atom stereocenters. The third-order valence-electron chi connectivity index (χ3n) is 3.84. The summed E-state index contributed by atoms with van der Waals surface area (Å²) >= 11 is 0. The van der Waals surface area contributed by atoms with E-state index >= 15 is 0 Å². The average Bonchev–Trinajstić information content (AvgIpc) is 2.39. The molecule has 19 heavy (non-hydrogen) atoms. The Bertz CT molecular complexity index is 451. The van der Waals surface area contributed by atoms with Crippen LogP contribution in [0.2, 0.25) is 0 Å². The molecule has 0 heterocycles. The minimum absolute atomic E-state index is 0.157. The van der Waals surface area contributed by atoms with Crippen LogP contribution in [-0.2, 0) is 4.79 Å². The molecule has 0 aliphatic heterocycles. The van der Waals surface area contributed by atoms with Gasteiger partial charge in [-0.05, 0) is 56.4 Å². The summed E-state index contributed by atoms with van der Waals surface area (Å²) in [6.45, 7) is 2.02. The summed E-state index contributed by atoms with van der Waals surface area (Å²) in [5.74, 6) is 0.0783. The van der Waals surface area contributed by atoms with Gasteiger partial charge in [0.05, 0.1) is 13.0 Å². The van der Waals surface area contributed by atoms with Gasteiger partial charge in [-0.2, -0.15) is 0 Å². The van der Waals surface area contributed by atoms with Gasteiger partial charge < -0.3 is 15.2 Å². The predicted molar refractivity (Wildman–Crippen MR) is 74.7 cm³/mol. The summed E-state index contributed by atoms with van der Waals surface area (Å²) in [7, 11) is 1.67. The third kappa shape index (κ3) is 3.40. The Morgan fingerprint density at radius 2 is 2.00 bits per heavy atom. The molecule has 1 saturated carbocycles. The monoisotopic (exact) mass is 263 g/mol. The Hall–Kier alpha value is -1.71. The molecule has 0 aromatic heterocycles. The van der Waals surface area contributed by atoms with Crippen LogP contribution in [0.1, 0.15) is 31.2 Å². The lowest BCUT2D eigenvalue weighted by Crippen LogP contribution is -2.29. The molecule has 1 aliphatic carbocycles. The SMILES string of the molecule is COc1ccc(NC2CCC(C(=O)O)CC2)cc1C. The topological polar surface area (TPSA) is 58.6 Å². The van der Waals surface area contributed by atoms with E-state index in [1.807, 2.05) is 19.1 Å². The van der Waals surface area contributed by atoms with Gasteiger partial charge in [-0.25, -0.2) is 0 Å². The van der Waals surface area contributed by atoms with Gasteiger partial charge in [0.25, 0.3) is 0 Å². The molecular formula is C15H21NO3. The number of carboxylic acid groups (broad SMARTS) is 1. The molecule has 4 nitrogen and oxygen atoms in total. The fraction of sp³-hybridized carbons (Fsp3) is 0.533. The highest BCUT2D eigenvalue weighted by molar-refractivity contribution is 5.70. The maximum absolute atomic E-state index is 10.9. The van der Waals surface area contributed by atoms with E-state index in [1.54, 1.807) is 7.11 Å². The first-order chi connectivity index (χ1) is 9.10. The maximum Gasteiger partial charge on any atom is 0.306 e. The van der Waals surface area contributed by atoms with Crippen molar-refractivity contribution < 1.29 is 14.6 Å². The van der Waals surface area contributed by atoms with Crippen LogP contribution in [0.4, 0.5) is 5.69 Å². The van der Waals surface area contributed by atoms with E-state index in [0.29, 0.717) is 6.04 Å². The van der Waals surface area contributed by atoms with Crippen LogP contribution < -0.4 is 10.1 Å². The molecule has 1 aromatic carbocycles. The molecule has 2 N–H and O–H groups in total. The first-order valence-electron chi connectivity index (χ1n) is 6.74. The highest BCUT2D eigenvalue weighted by Crippen LogP contribution is 2.28. The zero-order valence-electron chi connectivity index (χ0n) is 11.5. The van der Waals surface area contributed by atoms with Gasteiger partial charge in [0.15, 0.2) is 0 Å². The fourth-order valence-electron chi connectivity index (χ4n) is 2.69. The van der Waals surface area contributed by atoms with Crippen molar-refractivity contribution in [1.29, 1.82) is 0 Å². The smallest absolute Gasteiger partial charge is 0.306 e. The first kappa shape index (κ1) is 13.7. The van der Waals surface area contributed by atoms with Gasteiger partial charge >= 0.3 is 5.97 Å². The number of hydrogen-bond acceptors (Lipinski definition) is 3. The van der Waals surface area contributed by atoms with E-state index in [2.05, 4.69) is 11.4 Å². The average molecular weight is 263 g/mol. The van der Waals surface area contributed by atoms with Crippen LogP contribution in [0.5, 0.6) is 5.75 Å². The van der Waals surface area contributed by atoms with E-state index in [0.717, 1.165) is 42.7 Å². The lowest BCUT2D eigenvalue weighted by molar-refractivity contribution is -0.142. The highest BCUT2D eigenvalue weighted by Gasteiger charge is 2.25. The minimum Gasteiger partial charge on any atom is -0.496 e. The lowest BCUT2D eigenvalue weighted by atomic mass is 9.86. The molecule has 0 saturated heterocycles. The van der Waals surface area contributed by atoms with E-state index < -0.39 is 5.97 Å². The predicted octanol–water partition coefficient (Wildman–Crippen LogP) is 3.06. The Labute approximate surface area is 113 Å². The van der Waals surface area contributed by atoms with E-state index in [1.165, 1.54) is 0 Å². The zero-order chi connectivity index (χ0) is 13.8. The molecule has 1 aliphatic rings. The number of aliphatic carboxylic acids is 1. The summed E-state index contributed by atoms with van der Waals surface area (Å²) in [5, 5.41) is 12.5. The van der Waals surface area contributed by atoms with Gasteiger partial charge in [-0.1, -0.05) is 0 Å². The van der Waals surface area contributed by atoms with Crippen molar-refractivity contribution in [3.63, 3.8) is 0 Å². The number of nitrogens with one attached hydrogen (secondary N) is 1. The van der Waals surface area contributed by atoms with Crippen molar-refractivity contribution in [1.82, 2.24) is 0 Å². The minimum atomic E-state index is -0.654. The van der Waals surface area contributed by atoms with Gasteiger partial charge in [0, 0.05) is 11.7 Å². The van der Waals surface area contributed by atoms with Gasteiger partial charge in [-0.15, -0.1) is 0 Å². The summed E-state index contributed by atoms with van der Waals surface area (Å²) in [4.78, 5) is 10.9. The zero-order valence-corrected chi connectivity index (χ0v) is 11.5.